The molecule has 1 fully saturated rings. The van der Waals surface area contributed by atoms with Crippen LogP contribution in [-0.4, -0.2) is 40.0 Å². The van der Waals surface area contributed by atoms with E-state index in [-0.39, 0.29) is 17.9 Å². The van der Waals surface area contributed by atoms with Crippen LogP contribution in [0.2, 0.25) is 0 Å². The highest BCUT2D eigenvalue weighted by Gasteiger charge is 2.30. The minimum absolute atomic E-state index is 0.00948. The molecule has 5 nitrogen and oxygen atoms in total. The second kappa shape index (κ2) is 6.99. The van der Waals surface area contributed by atoms with Crippen LogP contribution in [0.15, 0.2) is 36.5 Å². The van der Waals surface area contributed by atoms with Crippen LogP contribution in [0.25, 0.3) is 0 Å². The first-order valence-corrected chi connectivity index (χ1v) is 8.39. The number of likely N-dealkylation sites (tertiary alicyclic amines) is 1. The first kappa shape index (κ1) is 16.4. The number of aromatic nitrogens is 2. The maximum Gasteiger partial charge on any atom is 0.255 e. The molecular weight excluding hydrogens is 302 g/mol. The zero-order valence-corrected chi connectivity index (χ0v) is 14.4. The van der Waals surface area contributed by atoms with E-state index < -0.39 is 0 Å². The second-order valence-corrected chi connectivity index (χ2v) is 6.49. The standard InChI is InChI=1S/C19H23N3O2/c1-13(2)18-16(8-7-14(3)21-18)19(23)22-11-9-15(12-22)24-17-6-4-5-10-20-17/h4-8,10,13,15H,9,11-12H2,1-3H3. The average Bonchev–Trinajstić information content (AvgIpc) is 3.03. The normalized spacial score (nSPS) is 17.3. The lowest BCUT2D eigenvalue weighted by atomic mass is 10.0. The van der Waals surface area contributed by atoms with Gasteiger partial charge in [0.15, 0.2) is 0 Å². The molecule has 0 saturated carbocycles. The predicted octanol–water partition coefficient (Wildman–Crippen LogP) is 3.20. The van der Waals surface area contributed by atoms with Gasteiger partial charge in [0.05, 0.1) is 17.8 Å². The number of pyridine rings is 2. The fraction of sp³-hybridized carbons (Fsp3) is 0.421. The number of carbonyl (C=O) groups excluding carboxylic acids is 1. The minimum atomic E-state index is -0.00948. The lowest BCUT2D eigenvalue weighted by molar-refractivity contribution is 0.0769. The molecular formula is C19H23N3O2. The first-order valence-electron chi connectivity index (χ1n) is 8.39. The molecule has 24 heavy (non-hydrogen) atoms. The maximum absolute atomic E-state index is 12.9. The van der Waals surface area contributed by atoms with Gasteiger partial charge in [-0.25, -0.2) is 4.98 Å². The van der Waals surface area contributed by atoms with Crippen molar-refractivity contribution in [2.45, 2.75) is 39.2 Å². The SMILES string of the molecule is Cc1ccc(C(=O)N2CCC(Oc3ccccn3)C2)c(C(C)C)n1. The van der Waals surface area contributed by atoms with Crippen molar-refractivity contribution in [3.8, 4) is 5.88 Å². The molecule has 2 aromatic heterocycles. The van der Waals surface area contributed by atoms with Gasteiger partial charge in [-0.05, 0) is 31.0 Å². The molecule has 0 N–H and O–H groups in total. The Bertz CT molecular complexity index is 716. The Morgan fingerprint density at radius 2 is 2.12 bits per heavy atom. The number of nitrogens with zero attached hydrogens (tertiary/aromatic N) is 3. The summed E-state index contributed by atoms with van der Waals surface area (Å²) in [4.78, 5) is 23.5. The van der Waals surface area contributed by atoms with Gasteiger partial charge >= 0.3 is 0 Å². The molecule has 3 rings (SSSR count). The fourth-order valence-electron chi connectivity index (χ4n) is 2.96. The lowest BCUT2D eigenvalue weighted by Gasteiger charge is -2.19. The first-order chi connectivity index (χ1) is 11.5. The third-order valence-corrected chi connectivity index (χ3v) is 4.20. The van der Waals surface area contributed by atoms with Gasteiger partial charge in [0.1, 0.15) is 6.10 Å². The number of aryl methyl sites for hydroxylation is 1. The summed E-state index contributed by atoms with van der Waals surface area (Å²) in [7, 11) is 0. The fourth-order valence-corrected chi connectivity index (χ4v) is 2.96. The largest absolute Gasteiger partial charge is 0.472 e. The maximum atomic E-state index is 12.9. The highest BCUT2D eigenvalue weighted by atomic mass is 16.5. The molecule has 0 radical (unpaired) electrons. The second-order valence-electron chi connectivity index (χ2n) is 6.49. The predicted molar refractivity (Wildman–Crippen MR) is 92.2 cm³/mol. The van der Waals surface area contributed by atoms with Gasteiger partial charge in [-0.3, -0.25) is 9.78 Å². The molecule has 1 saturated heterocycles. The number of amides is 1. The van der Waals surface area contributed by atoms with Gasteiger partial charge < -0.3 is 9.64 Å². The Hall–Kier alpha value is -2.43. The van der Waals surface area contributed by atoms with Crippen molar-refractivity contribution in [2.75, 3.05) is 13.1 Å². The lowest BCUT2D eigenvalue weighted by Crippen LogP contribution is -2.32. The molecule has 1 aliphatic heterocycles. The quantitative estimate of drug-likeness (QED) is 0.866. The van der Waals surface area contributed by atoms with Gasteiger partial charge in [-0.2, -0.15) is 0 Å². The number of rotatable bonds is 4. The highest BCUT2D eigenvalue weighted by molar-refractivity contribution is 5.95. The minimum Gasteiger partial charge on any atom is -0.472 e. The highest BCUT2D eigenvalue weighted by Crippen LogP contribution is 2.23. The number of hydrogen-bond acceptors (Lipinski definition) is 4. The van der Waals surface area contributed by atoms with Crippen LogP contribution >= 0.6 is 0 Å². The van der Waals surface area contributed by atoms with Gasteiger partial charge in [0, 0.05) is 30.9 Å². The van der Waals surface area contributed by atoms with E-state index in [9.17, 15) is 4.79 Å². The summed E-state index contributed by atoms with van der Waals surface area (Å²) in [6.45, 7) is 7.36. The van der Waals surface area contributed by atoms with Crippen molar-refractivity contribution < 1.29 is 9.53 Å². The Labute approximate surface area is 142 Å². The van der Waals surface area contributed by atoms with E-state index in [4.69, 9.17) is 4.74 Å². The van der Waals surface area contributed by atoms with Crippen LogP contribution < -0.4 is 4.74 Å². The molecule has 0 aromatic carbocycles. The van der Waals surface area contributed by atoms with E-state index in [1.165, 1.54) is 0 Å². The van der Waals surface area contributed by atoms with Crippen molar-refractivity contribution >= 4 is 5.91 Å². The monoisotopic (exact) mass is 325 g/mol. The van der Waals surface area contributed by atoms with Crippen LogP contribution in [0.5, 0.6) is 5.88 Å². The van der Waals surface area contributed by atoms with Gasteiger partial charge in [-0.1, -0.05) is 19.9 Å². The summed E-state index contributed by atoms with van der Waals surface area (Å²) >= 11 is 0. The van der Waals surface area contributed by atoms with Crippen molar-refractivity contribution in [3.05, 3.63) is 53.5 Å². The third-order valence-electron chi connectivity index (χ3n) is 4.20. The van der Waals surface area contributed by atoms with Crippen molar-refractivity contribution in [2.24, 2.45) is 0 Å². The zero-order valence-electron chi connectivity index (χ0n) is 14.4. The summed E-state index contributed by atoms with van der Waals surface area (Å²) in [6.07, 6.45) is 2.52. The molecule has 1 unspecified atom stereocenters. The van der Waals surface area contributed by atoms with Crippen LogP contribution in [-0.2, 0) is 0 Å². The molecule has 3 heterocycles. The Morgan fingerprint density at radius 3 is 2.83 bits per heavy atom. The van der Waals surface area contributed by atoms with Crippen LogP contribution in [0.1, 0.15) is 47.9 Å². The summed E-state index contributed by atoms with van der Waals surface area (Å²) in [5, 5.41) is 0. The van der Waals surface area contributed by atoms with Crippen LogP contribution in [0, 0.1) is 6.92 Å². The van der Waals surface area contributed by atoms with Crippen LogP contribution in [0.4, 0.5) is 0 Å². The summed E-state index contributed by atoms with van der Waals surface area (Å²) in [5.41, 5.74) is 2.51. The van der Waals surface area contributed by atoms with E-state index in [1.807, 2.05) is 42.2 Å². The number of hydrogen-bond donors (Lipinski definition) is 0. The molecule has 1 amide bonds. The van der Waals surface area contributed by atoms with Gasteiger partial charge in [0.2, 0.25) is 5.88 Å². The molecule has 0 bridgehead atoms. The summed E-state index contributed by atoms with van der Waals surface area (Å²) < 4.78 is 5.87. The van der Waals surface area contributed by atoms with E-state index in [1.54, 1.807) is 6.20 Å². The molecule has 0 spiro atoms. The number of ether oxygens (including phenoxy) is 1. The van der Waals surface area contributed by atoms with Gasteiger partial charge in [-0.15, -0.1) is 0 Å². The molecule has 1 aliphatic rings. The third kappa shape index (κ3) is 3.55. The summed E-state index contributed by atoms with van der Waals surface area (Å²) in [6, 6.07) is 9.39. The molecule has 126 valence electrons. The van der Waals surface area contributed by atoms with E-state index in [2.05, 4.69) is 23.8 Å². The molecule has 5 heteroatoms. The number of carbonyl (C=O) groups is 1. The van der Waals surface area contributed by atoms with E-state index in [0.29, 0.717) is 24.5 Å². The van der Waals surface area contributed by atoms with E-state index in [0.717, 1.165) is 17.8 Å². The molecule has 1 atom stereocenters. The molecule has 0 aliphatic carbocycles. The Morgan fingerprint density at radius 1 is 1.29 bits per heavy atom. The van der Waals surface area contributed by atoms with Crippen molar-refractivity contribution in [3.63, 3.8) is 0 Å². The van der Waals surface area contributed by atoms with Crippen LogP contribution in [0.3, 0.4) is 0 Å². The Balaban J connectivity index is 1.71. The smallest absolute Gasteiger partial charge is 0.255 e. The van der Waals surface area contributed by atoms with Crippen molar-refractivity contribution in [1.29, 1.82) is 0 Å². The summed E-state index contributed by atoms with van der Waals surface area (Å²) in [5.74, 6) is 0.863. The topological polar surface area (TPSA) is 55.3 Å². The molecule has 2 aromatic rings. The Kier molecular flexibility index (Phi) is 4.79. The average molecular weight is 325 g/mol. The van der Waals surface area contributed by atoms with Gasteiger partial charge in [0.25, 0.3) is 5.91 Å². The van der Waals surface area contributed by atoms with E-state index >= 15 is 0 Å². The van der Waals surface area contributed by atoms with Crippen molar-refractivity contribution in [1.82, 2.24) is 14.9 Å². The zero-order chi connectivity index (χ0) is 17.1.